The van der Waals surface area contributed by atoms with E-state index in [1.165, 1.54) is 18.5 Å². The van der Waals surface area contributed by atoms with Crippen molar-refractivity contribution < 1.29 is 18.4 Å². The van der Waals surface area contributed by atoms with E-state index in [0.29, 0.717) is 24.1 Å². The van der Waals surface area contributed by atoms with Crippen molar-refractivity contribution in [3.8, 4) is 0 Å². The van der Waals surface area contributed by atoms with Gasteiger partial charge < -0.3 is 15.0 Å². The third-order valence-electron chi connectivity index (χ3n) is 4.66. The molecule has 2 N–H and O–H groups in total. The number of H-pyrrole nitrogens is 1. The van der Waals surface area contributed by atoms with Crippen LogP contribution in [0.3, 0.4) is 0 Å². The fraction of sp³-hybridized carbons (Fsp3) is 0.222. The highest BCUT2D eigenvalue weighted by Crippen LogP contribution is 2.35. The van der Waals surface area contributed by atoms with Crippen molar-refractivity contribution in [2.24, 2.45) is 0 Å². The van der Waals surface area contributed by atoms with E-state index in [0.717, 1.165) is 18.2 Å². The van der Waals surface area contributed by atoms with Gasteiger partial charge in [-0.3, -0.25) is 14.9 Å². The van der Waals surface area contributed by atoms with Crippen LogP contribution in [0.15, 0.2) is 41.5 Å². The minimum Gasteiger partial charge on any atom is -0.374 e. The Hall–Kier alpha value is -3.40. The number of aromatic amines is 1. The Morgan fingerprint density at radius 1 is 1.25 bits per heavy atom. The number of aromatic nitrogens is 2. The SMILES string of the molecule is O=c1[nH]cnc2cc(NC3CCOC3c3ccc(F)c(F)c3)c([N+](=O)[O-])cc12. The number of nitro groups is 1. The lowest BCUT2D eigenvalue weighted by Gasteiger charge is -2.21. The molecule has 0 saturated carbocycles. The van der Waals surface area contributed by atoms with Crippen LogP contribution in [0.1, 0.15) is 18.1 Å². The van der Waals surface area contributed by atoms with Crippen LogP contribution >= 0.6 is 0 Å². The average Bonchev–Trinajstić information content (AvgIpc) is 3.12. The van der Waals surface area contributed by atoms with Crippen LogP contribution < -0.4 is 10.9 Å². The Morgan fingerprint density at radius 2 is 2.07 bits per heavy atom. The van der Waals surface area contributed by atoms with Gasteiger partial charge in [-0.1, -0.05) is 6.07 Å². The van der Waals surface area contributed by atoms with E-state index in [2.05, 4.69) is 15.3 Å². The largest absolute Gasteiger partial charge is 0.374 e. The molecule has 0 amide bonds. The third-order valence-corrected chi connectivity index (χ3v) is 4.66. The van der Waals surface area contributed by atoms with Crippen molar-refractivity contribution in [1.29, 1.82) is 0 Å². The monoisotopic (exact) mass is 388 g/mol. The highest BCUT2D eigenvalue weighted by molar-refractivity contribution is 5.86. The number of hydrogen-bond donors (Lipinski definition) is 2. The second kappa shape index (κ2) is 6.97. The minimum absolute atomic E-state index is 0.0968. The zero-order valence-corrected chi connectivity index (χ0v) is 14.3. The summed E-state index contributed by atoms with van der Waals surface area (Å²) in [6, 6.07) is 5.64. The summed E-state index contributed by atoms with van der Waals surface area (Å²) < 4.78 is 32.4. The fourth-order valence-corrected chi connectivity index (χ4v) is 3.33. The number of hydrogen-bond acceptors (Lipinski definition) is 6. The highest BCUT2D eigenvalue weighted by atomic mass is 19.2. The molecule has 3 aromatic rings. The van der Waals surface area contributed by atoms with E-state index in [-0.39, 0.29) is 16.8 Å². The van der Waals surface area contributed by atoms with Gasteiger partial charge in [-0.05, 0) is 30.2 Å². The van der Waals surface area contributed by atoms with E-state index < -0.39 is 34.3 Å². The molecule has 28 heavy (non-hydrogen) atoms. The molecule has 1 aliphatic heterocycles. The van der Waals surface area contributed by atoms with Gasteiger partial charge in [0.25, 0.3) is 11.2 Å². The summed E-state index contributed by atoms with van der Waals surface area (Å²) in [5.74, 6) is -1.96. The maximum absolute atomic E-state index is 13.6. The summed E-state index contributed by atoms with van der Waals surface area (Å²) in [7, 11) is 0. The summed E-state index contributed by atoms with van der Waals surface area (Å²) in [4.78, 5) is 29.2. The second-order valence-electron chi connectivity index (χ2n) is 6.38. The number of halogens is 2. The molecule has 2 aromatic carbocycles. The maximum Gasteiger partial charge on any atom is 0.293 e. The predicted octanol–water partition coefficient (Wildman–Crippen LogP) is 3.05. The number of rotatable bonds is 4. The molecule has 144 valence electrons. The zero-order valence-electron chi connectivity index (χ0n) is 14.3. The zero-order chi connectivity index (χ0) is 19.8. The van der Waals surface area contributed by atoms with Crippen molar-refractivity contribution in [2.75, 3.05) is 11.9 Å². The quantitative estimate of drug-likeness (QED) is 0.525. The van der Waals surface area contributed by atoms with Crippen LogP contribution in [-0.4, -0.2) is 27.5 Å². The molecule has 0 aliphatic carbocycles. The van der Waals surface area contributed by atoms with Gasteiger partial charge in [-0.15, -0.1) is 0 Å². The molecule has 0 spiro atoms. The van der Waals surface area contributed by atoms with Gasteiger partial charge >= 0.3 is 0 Å². The van der Waals surface area contributed by atoms with Crippen molar-refractivity contribution in [2.45, 2.75) is 18.6 Å². The molecular formula is C18H14F2N4O4. The summed E-state index contributed by atoms with van der Waals surface area (Å²) in [6.07, 6.45) is 1.10. The Morgan fingerprint density at radius 3 is 2.82 bits per heavy atom. The number of nitrogens with one attached hydrogen (secondary N) is 2. The second-order valence-corrected chi connectivity index (χ2v) is 6.38. The molecular weight excluding hydrogens is 374 g/mol. The Labute approximate surface area is 156 Å². The standard InChI is InChI=1S/C18H14F2N4O4/c19-11-2-1-9(5-12(11)20)17-13(3-4-28-17)23-15-7-14-10(6-16(15)24(26)27)18(25)22-8-21-14/h1-2,5-8,13,17,23H,3-4H2,(H,21,22,25). The van der Waals surface area contributed by atoms with Crippen LogP contribution in [0.2, 0.25) is 0 Å². The number of fused-ring (bicyclic) bond motifs is 1. The first kappa shape index (κ1) is 18.0. The van der Waals surface area contributed by atoms with Crippen LogP contribution in [0.4, 0.5) is 20.2 Å². The number of ether oxygens (including phenoxy) is 1. The van der Waals surface area contributed by atoms with Gasteiger partial charge in [0.05, 0.1) is 28.2 Å². The molecule has 4 rings (SSSR count). The molecule has 1 saturated heterocycles. The lowest BCUT2D eigenvalue weighted by Crippen LogP contribution is -2.24. The van der Waals surface area contributed by atoms with E-state index >= 15 is 0 Å². The fourth-order valence-electron chi connectivity index (χ4n) is 3.33. The molecule has 1 aliphatic rings. The number of nitro benzene ring substituents is 1. The van der Waals surface area contributed by atoms with Crippen LogP contribution in [0.25, 0.3) is 10.9 Å². The smallest absolute Gasteiger partial charge is 0.293 e. The molecule has 0 bridgehead atoms. The molecule has 2 atom stereocenters. The summed E-state index contributed by atoms with van der Waals surface area (Å²) in [5.41, 5.74) is 0.108. The number of benzene rings is 2. The first-order valence-electron chi connectivity index (χ1n) is 8.43. The van der Waals surface area contributed by atoms with Gasteiger partial charge in [-0.25, -0.2) is 13.8 Å². The minimum atomic E-state index is -0.994. The molecule has 10 heteroatoms. The lowest BCUT2D eigenvalue weighted by atomic mass is 10.0. The maximum atomic E-state index is 13.6. The van der Waals surface area contributed by atoms with Gasteiger partial charge in [0, 0.05) is 12.7 Å². The normalized spacial score (nSPS) is 19.1. The first-order valence-corrected chi connectivity index (χ1v) is 8.43. The van der Waals surface area contributed by atoms with E-state index in [1.54, 1.807) is 0 Å². The highest BCUT2D eigenvalue weighted by Gasteiger charge is 2.32. The van der Waals surface area contributed by atoms with Crippen molar-refractivity contribution in [3.05, 3.63) is 74.3 Å². The van der Waals surface area contributed by atoms with Gasteiger partial charge in [-0.2, -0.15) is 0 Å². The first-order chi connectivity index (χ1) is 13.4. The summed E-state index contributed by atoms with van der Waals surface area (Å²) >= 11 is 0. The van der Waals surface area contributed by atoms with Gasteiger partial charge in [0.2, 0.25) is 0 Å². The summed E-state index contributed by atoms with van der Waals surface area (Å²) in [5, 5.41) is 14.6. The van der Waals surface area contributed by atoms with E-state index in [9.17, 15) is 23.7 Å². The van der Waals surface area contributed by atoms with Crippen molar-refractivity contribution >= 4 is 22.3 Å². The molecule has 2 heterocycles. The van der Waals surface area contributed by atoms with Crippen molar-refractivity contribution in [1.82, 2.24) is 9.97 Å². The van der Waals surface area contributed by atoms with Crippen LogP contribution in [-0.2, 0) is 4.74 Å². The summed E-state index contributed by atoms with van der Waals surface area (Å²) in [6.45, 7) is 0.348. The molecule has 8 nitrogen and oxygen atoms in total. The third kappa shape index (κ3) is 3.18. The Balaban J connectivity index is 1.72. The lowest BCUT2D eigenvalue weighted by molar-refractivity contribution is -0.383. The Bertz CT molecular complexity index is 1130. The van der Waals surface area contributed by atoms with Crippen LogP contribution in [0, 0.1) is 21.7 Å². The number of nitrogens with zero attached hydrogens (tertiary/aromatic N) is 2. The predicted molar refractivity (Wildman–Crippen MR) is 96.1 cm³/mol. The van der Waals surface area contributed by atoms with Crippen molar-refractivity contribution in [3.63, 3.8) is 0 Å². The molecule has 0 radical (unpaired) electrons. The molecule has 1 fully saturated rings. The van der Waals surface area contributed by atoms with Gasteiger partial charge in [0.15, 0.2) is 11.6 Å². The Kier molecular flexibility index (Phi) is 4.47. The molecule has 1 aromatic heterocycles. The topological polar surface area (TPSA) is 110 Å². The number of anilines is 1. The van der Waals surface area contributed by atoms with E-state index in [4.69, 9.17) is 4.74 Å². The van der Waals surface area contributed by atoms with Gasteiger partial charge in [0.1, 0.15) is 11.8 Å². The average molecular weight is 388 g/mol. The van der Waals surface area contributed by atoms with Crippen LogP contribution in [0.5, 0.6) is 0 Å². The van der Waals surface area contributed by atoms with E-state index in [1.807, 2.05) is 0 Å². The molecule has 2 unspecified atom stereocenters.